The van der Waals surface area contributed by atoms with Crippen molar-refractivity contribution in [2.24, 2.45) is 0 Å². The number of nitrogens with one attached hydrogen (secondary N) is 1. The Morgan fingerprint density at radius 1 is 1.60 bits per heavy atom. The molecule has 1 unspecified atom stereocenters. The molecule has 0 aromatic carbocycles. The van der Waals surface area contributed by atoms with E-state index in [2.05, 4.69) is 18.2 Å². The van der Waals surface area contributed by atoms with Crippen LogP contribution >= 0.6 is 36.8 Å². The minimum absolute atomic E-state index is 0.127. The van der Waals surface area contributed by atoms with Crippen molar-refractivity contribution in [1.29, 1.82) is 0 Å². The maximum atomic E-state index is 10.4. The Kier molecular flexibility index (Phi) is 5.13. The van der Waals surface area contributed by atoms with Crippen molar-refractivity contribution in [2.75, 3.05) is 5.75 Å². The summed E-state index contributed by atoms with van der Waals surface area (Å²) in [6, 6.07) is 0. The van der Waals surface area contributed by atoms with E-state index in [4.69, 9.17) is 16.8 Å². The fourth-order valence-corrected chi connectivity index (χ4v) is 3.48. The first-order valence-electron chi connectivity index (χ1n) is 4.29. The molecule has 0 aromatic rings. The lowest BCUT2D eigenvalue weighted by molar-refractivity contribution is 0.403. The van der Waals surface area contributed by atoms with E-state index in [0.717, 1.165) is 6.42 Å². The van der Waals surface area contributed by atoms with Crippen molar-refractivity contribution in [3.05, 3.63) is 0 Å². The van der Waals surface area contributed by atoms with Gasteiger partial charge in [-0.05, 0) is 19.3 Å². The molecule has 9 heteroatoms. The molecule has 1 aliphatic rings. The summed E-state index contributed by atoms with van der Waals surface area (Å²) in [5.74, 6) is -0.186. The molecular weight excluding hydrogens is 276 g/mol. The van der Waals surface area contributed by atoms with Crippen molar-refractivity contribution in [3.63, 3.8) is 0 Å². The van der Waals surface area contributed by atoms with E-state index in [-0.39, 0.29) is 11.1 Å². The van der Waals surface area contributed by atoms with Gasteiger partial charge in [0.15, 0.2) is 4.32 Å². The molecule has 1 aliphatic heterocycles. The zero-order chi connectivity index (χ0) is 11.5. The quantitative estimate of drug-likeness (QED) is 0.302. The van der Waals surface area contributed by atoms with Gasteiger partial charge in [-0.2, -0.15) is 12.8 Å². The minimum Gasteiger partial charge on any atom is -0.293 e. The van der Waals surface area contributed by atoms with Crippen LogP contribution in [0.3, 0.4) is 0 Å². The van der Waals surface area contributed by atoms with E-state index in [1.165, 1.54) is 11.8 Å². The molecule has 0 radical (unpaired) electrons. The highest BCUT2D eigenvalue weighted by Crippen LogP contribution is 2.28. The smallest absolute Gasteiger partial charge is 0.264 e. The molecule has 88 valence electrons. The first-order valence-corrected chi connectivity index (χ1v) is 7.59. The van der Waals surface area contributed by atoms with Crippen molar-refractivity contribution in [1.82, 2.24) is 9.84 Å². The van der Waals surface area contributed by atoms with Gasteiger partial charge in [0, 0.05) is 0 Å². The number of thiocarbonyl (C=S) groups is 1. The van der Waals surface area contributed by atoms with Gasteiger partial charge in [-0.25, -0.2) is 0 Å². The highest BCUT2D eigenvalue weighted by Gasteiger charge is 2.25. The molecule has 0 saturated carbocycles. The SMILES string of the molecule is O=S(=O)(O)CCCCC1SC(=S)NN1S. The lowest BCUT2D eigenvalue weighted by Gasteiger charge is -2.14. The summed E-state index contributed by atoms with van der Waals surface area (Å²) in [6.45, 7) is 0. The molecule has 0 spiro atoms. The van der Waals surface area contributed by atoms with Crippen LogP contribution < -0.4 is 5.43 Å². The van der Waals surface area contributed by atoms with Crippen LogP contribution in [-0.4, -0.2) is 32.8 Å². The molecule has 1 fully saturated rings. The van der Waals surface area contributed by atoms with Gasteiger partial charge in [-0.1, -0.05) is 36.8 Å². The number of unbranched alkanes of at least 4 members (excludes halogenated alkanes) is 1. The van der Waals surface area contributed by atoms with Gasteiger partial charge in [-0.3, -0.25) is 9.98 Å². The van der Waals surface area contributed by atoms with Crippen LogP contribution in [0.2, 0.25) is 0 Å². The van der Waals surface area contributed by atoms with E-state index >= 15 is 0 Å². The van der Waals surface area contributed by atoms with E-state index in [1.807, 2.05) is 0 Å². The Morgan fingerprint density at radius 3 is 2.73 bits per heavy atom. The number of hydrogen-bond acceptors (Lipinski definition) is 6. The predicted octanol–water partition coefficient (Wildman–Crippen LogP) is 1.05. The van der Waals surface area contributed by atoms with Crippen molar-refractivity contribution >= 4 is 51.2 Å². The zero-order valence-electron chi connectivity index (χ0n) is 7.79. The lowest BCUT2D eigenvalue weighted by Crippen LogP contribution is -2.28. The number of nitrogens with zero attached hydrogens (tertiary/aromatic N) is 1. The standard InChI is InChI=1S/C6H12N2O3S4/c9-15(10,11)4-2-1-3-5-8(13)7-6(12)14-5/h5,13H,1-4H2,(H,7,12)(H,9,10,11). The van der Waals surface area contributed by atoms with Crippen LogP contribution in [-0.2, 0) is 10.1 Å². The first kappa shape index (κ1) is 13.5. The summed E-state index contributed by atoms with van der Waals surface area (Å²) < 4.78 is 31.7. The normalized spacial score (nSPS) is 23.1. The predicted molar refractivity (Wildman–Crippen MR) is 68.2 cm³/mol. The highest BCUT2D eigenvalue weighted by molar-refractivity contribution is 8.23. The highest BCUT2D eigenvalue weighted by atomic mass is 32.2. The van der Waals surface area contributed by atoms with Gasteiger partial charge >= 0.3 is 0 Å². The maximum absolute atomic E-state index is 10.4. The number of hydrogen-bond donors (Lipinski definition) is 3. The van der Waals surface area contributed by atoms with Crippen molar-refractivity contribution in [3.8, 4) is 0 Å². The van der Waals surface area contributed by atoms with Crippen LogP contribution in [0.25, 0.3) is 0 Å². The number of rotatable bonds is 5. The number of thioether (sulfide) groups is 1. The topological polar surface area (TPSA) is 69.6 Å². The fraction of sp³-hybridized carbons (Fsp3) is 0.833. The van der Waals surface area contributed by atoms with Gasteiger partial charge in [0.05, 0.1) is 11.1 Å². The summed E-state index contributed by atoms with van der Waals surface area (Å²) in [6.07, 6.45) is 1.93. The first-order chi connectivity index (χ1) is 6.88. The summed E-state index contributed by atoms with van der Waals surface area (Å²) in [5.41, 5.74) is 2.85. The van der Waals surface area contributed by atoms with Gasteiger partial charge < -0.3 is 0 Å². The molecule has 15 heavy (non-hydrogen) atoms. The molecular formula is C6H12N2O3S4. The van der Waals surface area contributed by atoms with Crippen LogP contribution in [0.5, 0.6) is 0 Å². The lowest BCUT2D eigenvalue weighted by atomic mass is 10.2. The number of hydrazine groups is 1. The molecule has 2 N–H and O–H groups in total. The summed E-state index contributed by atoms with van der Waals surface area (Å²) in [7, 11) is -3.83. The van der Waals surface area contributed by atoms with E-state index in [1.54, 1.807) is 4.41 Å². The second-order valence-electron chi connectivity index (χ2n) is 3.10. The monoisotopic (exact) mass is 288 g/mol. The summed E-state index contributed by atoms with van der Waals surface area (Å²) >= 11 is 10.6. The Labute approximate surface area is 104 Å². The molecule has 1 saturated heterocycles. The Balaban J connectivity index is 2.18. The molecule has 1 rings (SSSR count). The van der Waals surface area contributed by atoms with E-state index in [0.29, 0.717) is 17.2 Å². The molecule has 0 aromatic heterocycles. The fourth-order valence-electron chi connectivity index (χ4n) is 1.15. The van der Waals surface area contributed by atoms with Crippen LogP contribution in [0.4, 0.5) is 0 Å². The third-order valence-electron chi connectivity index (χ3n) is 1.83. The molecule has 1 atom stereocenters. The molecule has 0 aliphatic carbocycles. The number of thiol groups is 1. The van der Waals surface area contributed by atoms with Crippen molar-refractivity contribution in [2.45, 2.75) is 24.6 Å². The van der Waals surface area contributed by atoms with Gasteiger partial charge in [-0.15, -0.1) is 0 Å². The second-order valence-corrected chi connectivity index (χ2v) is 6.96. The minimum atomic E-state index is -3.83. The molecule has 0 amide bonds. The largest absolute Gasteiger partial charge is 0.293 e. The third kappa shape index (κ3) is 5.36. The summed E-state index contributed by atoms with van der Waals surface area (Å²) in [5, 5.41) is 0.127. The zero-order valence-corrected chi connectivity index (χ0v) is 11.1. The summed E-state index contributed by atoms with van der Waals surface area (Å²) in [4.78, 5) is 0. The Morgan fingerprint density at radius 2 is 2.27 bits per heavy atom. The second kappa shape index (κ2) is 5.69. The Bertz CT molecular complexity index is 331. The van der Waals surface area contributed by atoms with Gasteiger partial charge in [0.25, 0.3) is 10.1 Å². The van der Waals surface area contributed by atoms with Crippen LogP contribution in [0.1, 0.15) is 19.3 Å². The van der Waals surface area contributed by atoms with Crippen LogP contribution in [0.15, 0.2) is 0 Å². The molecule has 0 bridgehead atoms. The third-order valence-corrected chi connectivity index (χ3v) is 4.57. The van der Waals surface area contributed by atoms with E-state index in [9.17, 15) is 8.42 Å². The molecule has 1 heterocycles. The van der Waals surface area contributed by atoms with Gasteiger partial charge in [0.2, 0.25) is 0 Å². The molecule has 5 nitrogen and oxygen atoms in total. The Hall–Kier alpha value is 0.460. The van der Waals surface area contributed by atoms with Gasteiger partial charge in [0.1, 0.15) is 0 Å². The van der Waals surface area contributed by atoms with E-state index < -0.39 is 10.1 Å². The van der Waals surface area contributed by atoms with Crippen molar-refractivity contribution < 1.29 is 13.0 Å². The van der Waals surface area contributed by atoms with Crippen LogP contribution in [0, 0.1) is 0 Å². The average molecular weight is 288 g/mol. The maximum Gasteiger partial charge on any atom is 0.264 e. The average Bonchev–Trinajstić information content (AvgIpc) is 2.37.